The molecule has 0 heterocycles. The van der Waals surface area contributed by atoms with E-state index < -0.39 is 11.5 Å². The van der Waals surface area contributed by atoms with Crippen LogP contribution in [0.25, 0.3) is 0 Å². The standard InChI is InChI=1S/C19H21BrN2O3/c1-19(2,18(25)13-11-12(20)7-8-16(13)23)10-9-17(24)22-15-6-4-3-5-14(15)21/h3-11,18,23,25H,21H2,1-2H3,(H,22,24)/b10-9+/t18-/m1/s1. The van der Waals surface area contributed by atoms with Gasteiger partial charge >= 0.3 is 0 Å². The number of phenols is 1. The van der Waals surface area contributed by atoms with Crippen LogP contribution < -0.4 is 11.1 Å². The second-order valence-electron chi connectivity index (χ2n) is 6.34. The molecule has 1 amide bonds. The largest absolute Gasteiger partial charge is 0.508 e. The summed E-state index contributed by atoms with van der Waals surface area (Å²) in [6, 6.07) is 11.8. The highest BCUT2D eigenvalue weighted by atomic mass is 79.9. The number of halogens is 1. The Morgan fingerprint density at radius 2 is 1.96 bits per heavy atom. The molecule has 6 heteroatoms. The molecule has 0 aliphatic carbocycles. The maximum absolute atomic E-state index is 12.1. The second kappa shape index (κ2) is 7.72. The molecule has 1 atom stereocenters. The first kappa shape index (κ1) is 19.0. The number of phenolic OH excluding ortho intramolecular Hbond substituents is 1. The number of nitrogens with two attached hydrogens (primary N) is 1. The summed E-state index contributed by atoms with van der Waals surface area (Å²) in [7, 11) is 0. The summed E-state index contributed by atoms with van der Waals surface area (Å²) in [5.41, 5.74) is 6.40. The third-order valence-electron chi connectivity index (χ3n) is 3.87. The predicted molar refractivity (Wildman–Crippen MR) is 103 cm³/mol. The number of hydrogen-bond acceptors (Lipinski definition) is 4. The Hall–Kier alpha value is -2.31. The van der Waals surface area contributed by atoms with Crippen molar-refractivity contribution >= 4 is 33.2 Å². The van der Waals surface area contributed by atoms with Gasteiger partial charge in [0.25, 0.3) is 0 Å². The number of para-hydroxylation sites is 2. The minimum absolute atomic E-state index is 0.00122. The summed E-state index contributed by atoms with van der Waals surface area (Å²) in [4.78, 5) is 12.1. The minimum Gasteiger partial charge on any atom is -0.508 e. The normalized spacial score (nSPS) is 13.0. The predicted octanol–water partition coefficient (Wildman–Crippen LogP) is 3.99. The molecule has 0 unspecified atom stereocenters. The fraction of sp³-hybridized carbons (Fsp3) is 0.211. The molecule has 0 bridgehead atoms. The van der Waals surface area contributed by atoms with Crippen molar-refractivity contribution in [3.8, 4) is 5.75 Å². The third-order valence-corrected chi connectivity index (χ3v) is 4.37. The molecule has 0 saturated heterocycles. The zero-order valence-corrected chi connectivity index (χ0v) is 15.6. The SMILES string of the molecule is CC(C)(/C=C/C(=O)Nc1ccccc1N)[C@H](O)c1cc(Br)ccc1O. The third kappa shape index (κ3) is 4.84. The Morgan fingerprint density at radius 3 is 2.64 bits per heavy atom. The topological polar surface area (TPSA) is 95.6 Å². The molecular formula is C19H21BrN2O3. The molecule has 0 aliphatic rings. The Labute approximate surface area is 155 Å². The quantitative estimate of drug-likeness (QED) is 0.447. The van der Waals surface area contributed by atoms with E-state index in [2.05, 4.69) is 21.2 Å². The number of benzene rings is 2. The number of aromatic hydroxyl groups is 1. The van der Waals surface area contributed by atoms with Crippen molar-refractivity contribution in [3.05, 3.63) is 64.7 Å². The van der Waals surface area contributed by atoms with E-state index in [9.17, 15) is 15.0 Å². The van der Waals surface area contributed by atoms with Crippen LogP contribution in [0.3, 0.4) is 0 Å². The highest BCUT2D eigenvalue weighted by Crippen LogP contribution is 2.39. The Bertz CT molecular complexity index is 803. The zero-order valence-electron chi connectivity index (χ0n) is 14.0. The number of hydrogen-bond donors (Lipinski definition) is 4. The summed E-state index contributed by atoms with van der Waals surface area (Å²) in [6.45, 7) is 3.55. The Balaban J connectivity index is 2.13. The van der Waals surface area contributed by atoms with Crippen molar-refractivity contribution < 1.29 is 15.0 Å². The van der Waals surface area contributed by atoms with E-state index in [4.69, 9.17) is 5.73 Å². The van der Waals surface area contributed by atoms with Gasteiger partial charge in [-0.1, -0.05) is 48.0 Å². The molecule has 2 aromatic carbocycles. The van der Waals surface area contributed by atoms with Crippen molar-refractivity contribution in [3.63, 3.8) is 0 Å². The number of nitrogens with one attached hydrogen (secondary N) is 1. The van der Waals surface area contributed by atoms with Crippen LogP contribution in [0, 0.1) is 5.41 Å². The van der Waals surface area contributed by atoms with Crippen LogP contribution in [0.15, 0.2) is 59.1 Å². The lowest BCUT2D eigenvalue weighted by atomic mass is 9.82. The van der Waals surface area contributed by atoms with Crippen LogP contribution in [0.4, 0.5) is 11.4 Å². The van der Waals surface area contributed by atoms with Crippen LogP contribution in [0.1, 0.15) is 25.5 Å². The van der Waals surface area contributed by atoms with Crippen molar-refractivity contribution in [2.75, 3.05) is 11.1 Å². The maximum Gasteiger partial charge on any atom is 0.248 e. The van der Waals surface area contributed by atoms with E-state index in [0.29, 0.717) is 16.9 Å². The lowest BCUT2D eigenvalue weighted by molar-refractivity contribution is -0.112. The molecule has 0 saturated carbocycles. The highest BCUT2D eigenvalue weighted by molar-refractivity contribution is 9.10. The molecule has 25 heavy (non-hydrogen) atoms. The van der Waals surface area contributed by atoms with Gasteiger partial charge in [-0.2, -0.15) is 0 Å². The molecule has 0 aromatic heterocycles. The number of carbonyl (C=O) groups excluding carboxylic acids is 1. The Kier molecular flexibility index (Phi) is 5.87. The van der Waals surface area contributed by atoms with Crippen molar-refractivity contribution in [2.45, 2.75) is 20.0 Å². The minimum atomic E-state index is -0.990. The molecule has 0 fully saturated rings. The van der Waals surface area contributed by atoms with E-state index in [1.807, 2.05) is 0 Å². The summed E-state index contributed by atoms with van der Waals surface area (Å²) >= 11 is 3.32. The van der Waals surface area contributed by atoms with Gasteiger partial charge in [-0.25, -0.2) is 0 Å². The smallest absolute Gasteiger partial charge is 0.248 e. The van der Waals surface area contributed by atoms with Crippen molar-refractivity contribution in [1.82, 2.24) is 0 Å². The van der Waals surface area contributed by atoms with E-state index in [0.717, 1.165) is 4.47 Å². The molecular weight excluding hydrogens is 384 g/mol. The number of amides is 1. The van der Waals surface area contributed by atoms with Crippen LogP contribution in [0.5, 0.6) is 5.75 Å². The summed E-state index contributed by atoms with van der Waals surface area (Å²) in [5.74, 6) is -0.352. The first-order chi connectivity index (χ1) is 11.7. The number of nitrogen functional groups attached to an aromatic ring is 1. The molecule has 0 radical (unpaired) electrons. The summed E-state index contributed by atoms with van der Waals surface area (Å²) < 4.78 is 0.747. The number of aliphatic hydroxyl groups is 1. The van der Waals surface area contributed by atoms with E-state index >= 15 is 0 Å². The molecule has 2 aromatic rings. The van der Waals surface area contributed by atoms with Gasteiger partial charge in [0.1, 0.15) is 5.75 Å². The van der Waals surface area contributed by atoms with Crippen molar-refractivity contribution in [2.24, 2.45) is 5.41 Å². The Morgan fingerprint density at radius 1 is 1.28 bits per heavy atom. The summed E-state index contributed by atoms with van der Waals surface area (Å²) in [5, 5.41) is 23.3. The summed E-state index contributed by atoms with van der Waals surface area (Å²) in [6.07, 6.45) is 1.97. The van der Waals surface area contributed by atoms with Gasteiger partial charge in [0.05, 0.1) is 17.5 Å². The second-order valence-corrected chi connectivity index (χ2v) is 7.25. The van der Waals surface area contributed by atoms with Gasteiger partial charge in [-0.3, -0.25) is 4.79 Å². The van der Waals surface area contributed by atoms with Gasteiger partial charge in [-0.15, -0.1) is 0 Å². The molecule has 5 nitrogen and oxygen atoms in total. The van der Waals surface area contributed by atoms with Gasteiger partial charge < -0.3 is 21.3 Å². The van der Waals surface area contributed by atoms with Crippen LogP contribution in [0.2, 0.25) is 0 Å². The van der Waals surface area contributed by atoms with Crippen LogP contribution in [-0.2, 0) is 4.79 Å². The number of carbonyl (C=O) groups is 1. The fourth-order valence-corrected chi connectivity index (χ4v) is 2.69. The zero-order chi connectivity index (χ0) is 18.6. The molecule has 5 N–H and O–H groups in total. The molecule has 0 aliphatic heterocycles. The van der Waals surface area contributed by atoms with Crippen LogP contribution >= 0.6 is 15.9 Å². The first-order valence-electron chi connectivity index (χ1n) is 7.72. The first-order valence-corrected chi connectivity index (χ1v) is 8.51. The number of rotatable bonds is 5. The molecule has 132 valence electrons. The van der Waals surface area contributed by atoms with Gasteiger partial charge in [-0.05, 0) is 36.4 Å². The average Bonchev–Trinajstić information content (AvgIpc) is 2.57. The lowest BCUT2D eigenvalue weighted by Gasteiger charge is -2.28. The van der Waals surface area contributed by atoms with Gasteiger partial charge in [0.15, 0.2) is 0 Å². The average molecular weight is 405 g/mol. The lowest BCUT2D eigenvalue weighted by Crippen LogP contribution is -2.21. The highest BCUT2D eigenvalue weighted by Gasteiger charge is 2.29. The van der Waals surface area contributed by atoms with Gasteiger partial charge in [0, 0.05) is 15.5 Å². The van der Waals surface area contributed by atoms with E-state index in [1.165, 1.54) is 12.1 Å². The molecule has 2 rings (SSSR count). The number of anilines is 2. The van der Waals surface area contributed by atoms with E-state index in [1.54, 1.807) is 56.3 Å². The maximum atomic E-state index is 12.1. The van der Waals surface area contributed by atoms with Gasteiger partial charge in [0.2, 0.25) is 5.91 Å². The number of aliphatic hydroxyl groups excluding tert-OH is 1. The fourth-order valence-electron chi connectivity index (χ4n) is 2.31. The monoisotopic (exact) mass is 404 g/mol. The van der Waals surface area contributed by atoms with Crippen LogP contribution in [-0.4, -0.2) is 16.1 Å². The van der Waals surface area contributed by atoms with E-state index in [-0.39, 0.29) is 11.7 Å². The van der Waals surface area contributed by atoms with Crippen molar-refractivity contribution in [1.29, 1.82) is 0 Å². The molecule has 0 spiro atoms.